The maximum Gasteiger partial charge on any atom is 0.269 e. The summed E-state index contributed by atoms with van der Waals surface area (Å²) < 4.78 is 0. The number of rotatable bonds is 4. The molecule has 1 aromatic carbocycles. The van der Waals surface area contributed by atoms with E-state index in [1.165, 1.54) is 13.0 Å². The molecule has 0 bridgehead atoms. The molecule has 6 heteroatoms. The van der Waals surface area contributed by atoms with Crippen LogP contribution in [0.2, 0.25) is 5.02 Å². The van der Waals surface area contributed by atoms with Crippen molar-refractivity contribution in [3.05, 3.63) is 51.8 Å². The lowest BCUT2D eigenvalue weighted by molar-refractivity contribution is 0.0945. The summed E-state index contributed by atoms with van der Waals surface area (Å²) in [5.74, 6) is -0.504. The molecule has 2 rings (SSSR count). The van der Waals surface area contributed by atoms with Gasteiger partial charge in [-0.2, -0.15) is 5.10 Å². The van der Waals surface area contributed by atoms with Crippen LogP contribution in [0.4, 0.5) is 0 Å². The highest BCUT2D eigenvalue weighted by molar-refractivity contribution is 6.31. The Balaban J connectivity index is 2.04. The first kappa shape index (κ1) is 14.3. The van der Waals surface area contributed by atoms with E-state index in [4.69, 9.17) is 11.6 Å². The van der Waals surface area contributed by atoms with E-state index in [9.17, 15) is 9.59 Å². The molecule has 0 fully saturated rings. The van der Waals surface area contributed by atoms with Crippen LogP contribution in [-0.2, 0) is 6.54 Å². The molecule has 1 amide bonds. The number of hydrogen-bond donors (Lipinski definition) is 2. The van der Waals surface area contributed by atoms with E-state index < -0.39 is 0 Å². The van der Waals surface area contributed by atoms with E-state index in [1.54, 1.807) is 6.07 Å². The zero-order chi connectivity index (χ0) is 14.7. The zero-order valence-electron chi connectivity index (χ0n) is 11.2. The molecular formula is C14H14ClN3O2. The first-order valence-electron chi connectivity index (χ1n) is 6.07. The van der Waals surface area contributed by atoms with Crippen molar-refractivity contribution < 1.29 is 9.59 Å². The summed E-state index contributed by atoms with van der Waals surface area (Å²) in [6.07, 6.45) is 0. The van der Waals surface area contributed by atoms with E-state index in [2.05, 4.69) is 15.5 Å². The molecule has 0 unspecified atom stereocenters. The van der Waals surface area contributed by atoms with Gasteiger partial charge in [-0.1, -0.05) is 23.7 Å². The molecule has 2 aromatic rings. The second-order valence-corrected chi connectivity index (χ2v) is 4.84. The number of halogens is 1. The van der Waals surface area contributed by atoms with Crippen LogP contribution in [0.25, 0.3) is 0 Å². The molecule has 1 aromatic heterocycles. The van der Waals surface area contributed by atoms with Crippen LogP contribution in [0.1, 0.15) is 39.0 Å². The third-order valence-electron chi connectivity index (χ3n) is 3.00. The topological polar surface area (TPSA) is 74.8 Å². The van der Waals surface area contributed by atoms with E-state index in [0.29, 0.717) is 11.6 Å². The number of nitrogens with one attached hydrogen (secondary N) is 2. The van der Waals surface area contributed by atoms with Crippen LogP contribution >= 0.6 is 11.6 Å². The van der Waals surface area contributed by atoms with Gasteiger partial charge in [0, 0.05) is 18.5 Å². The second-order valence-electron chi connectivity index (χ2n) is 4.43. The molecule has 2 N–H and O–H groups in total. The molecule has 104 valence electrons. The number of ketones is 1. The Hall–Kier alpha value is -2.14. The van der Waals surface area contributed by atoms with Crippen molar-refractivity contribution in [3.63, 3.8) is 0 Å². The molecule has 0 aliphatic carbocycles. The van der Waals surface area contributed by atoms with Crippen LogP contribution in [0, 0.1) is 6.92 Å². The number of carbonyl (C=O) groups is 2. The summed E-state index contributed by atoms with van der Waals surface area (Å²) in [6.45, 7) is 3.65. The first-order chi connectivity index (χ1) is 9.49. The van der Waals surface area contributed by atoms with Crippen molar-refractivity contribution in [2.24, 2.45) is 0 Å². The van der Waals surface area contributed by atoms with E-state index in [1.807, 2.05) is 19.1 Å². The van der Waals surface area contributed by atoms with Gasteiger partial charge in [0.05, 0.1) is 0 Å². The highest BCUT2D eigenvalue weighted by Gasteiger charge is 2.12. The molecule has 0 saturated carbocycles. The third kappa shape index (κ3) is 3.05. The lowest BCUT2D eigenvalue weighted by atomic mass is 10.1. The van der Waals surface area contributed by atoms with Crippen molar-refractivity contribution in [1.29, 1.82) is 0 Å². The summed E-state index contributed by atoms with van der Waals surface area (Å²) in [6, 6.07) is 6.97. The fourth-order valence-corrected chi connectivity index (χ4v) is 1.93. The van der Waals surface area contributed by atoms with Crippen LogP contribution < -0.4 is 5.32 Å². The summed E-state index contributed by atoms with van der Waals surface area (Å²) >= 11 is 6.02. The normalized spacial score (nSPS) is 10.3. The largest absolute Gasteiger partial charge is 0.347 e. The number of Topliss-reactive ketones (excluding diaryl/α,β-unsaturated/α-hetero) is 1. The third-order valence-corrected chi connectivity index (χ3v) is 3.41. The smallest absolute Gasteiger partial charge is 0.269 e. The molecule has 0 aliphatic heterocycles. The number of nitrogens with zero attached hydrogens (tertiary/aromatic N) is 1. The van der Waals surface area contributed by atoms with E-state index in [0.717, 1.165) is 11.1 Å². The molecule has 0 aliphatic rings. The van der Waals surface area contributed by atoms with Gasteiger partial charge in [0.2, 0.25) is 0 Å². The Morgan fingerprint density at radius 1 is 1.40 bits per heavy atom. The molecule has 0 atom stereocenters. The van der Waals surface area contributed by atoms with Gasteiger partial charge in [0.25, 0.3) is 5.91 Å². The number of carbonyl (C=O) groups excluding carboxylic acids is 2. The van der Waals surface area contributed by atoms with Gasteiger partial charge in [-0.15, -0.1) is 0 Å². The summed E-state index contributed by atoms with van der Waals surface area (Å²) in [7, 11) is 0. The summed E-state index contributed by atoms with van der Waals surface area (Å²) in [5, 5.41) is 9.73. The van der Waals surface area contributed by atoms with Crippen LogP contribution in [0.3, 0.4) is 0 Å². The Kier molecular flexibility index (Phi) is 4.20. The lowest BCUT2D eigenvalue weighted by Gasteiger charge is -2.08. The number of aromatic amines is 1. The molecule has 0 spiro atoms. The van der Waals surface area contributed by atoms with Crippen molar-refractivity contribution in [2.75, 3.05) is 0 Å². The minimum atomic E-state index is -0.315. The summed E-state index contributed by atoms with van der Waals surface area (Å²) in [4.78, 5) is 23.0. The van der Waals surface area contributed by atoms with Crippen molar-refractivity contribution in [3.8, 4) is 0 Å². The second kappa shape index (κ2) is 5.88. The average Bonchev–Trinajstić information content (AvgIpc) is 2.90. The molecular weight excluding hydrogens is 278 g/mol. The summed E-state index contributed by atoms with van der Waals surface area (Å²) in [5.41, 5.74) is 2.38. The Morgan fingerprint density at radius 3 is 2.80 bits per heavy atom. The van der Waals surface area contributed by atoms with Crippen LogP contribution in [0.5, 0.6) is 0 Å². The monoisotopic (exact) mass is 291 g/mol. The van der Waals surface area contributed by atoms with Crippen LogP contribution in [0.15, 0.2) is 24.3 Å². The molecule has 1 heterocycles. The maximum atomic E-state index is 11.9. The zero-order valence-corrected chi connectivity index (χ0v) is 11.9. The minimum absolute atomic E-state index is 0.189. The molecule has 0 radical (unpaired) electrons. The average molecular weight is 292 g/mol. The quantitative estimate of drug-likeness (QED) is 0.850. The predicted molar refractivity (Wildman–Crippen MR) is 76.0 cm³/mol. The van der Waals surface area contributed by atoms with Gasteiger partial charge in [-0.3, -0.25) is 14.7 Å². The molecule has 20 heavy (non-hydrogen) atoms. The van der Waals surface area contributed by atoms with E-state index >= 15 is 0 Å². The first-order valence-corrected chi connectivity index (χ1v) is 6.45. The number of benzene rings is 1. The van der Waals surface area contributed by atoms with Gasteiger partial charge < -0.3 is 5.32 Å². The van der Waals surface area contributed by atoms with Crippen molar-refractivity contribution in [2.45, 2.75) is 20.4 Å². The SMILES string of the molecule is CC(=O)c1cc(C(=O)NCc2cccc(Cl)c2C)[nH]n1. The van der Waals surface area contributed by atoms with Gasteiger partial charge in [0.15, 0.2) is 5.78 Å². The lowest BCUT2D eigenvalue weighted by Crippen LogP contribution is -2.23. The maximum absolute atomic E-state index is 11.9. The van der Waals surface area contributed by atoms with Crippen LogP contribution in [-0.4, -0.2) is 21.9 Å². The molecule has 5 nitrogen and oxygen atoms in total. The van der Waals surface area contributed by atoms with Crippen molar-refractivity contribution in [1.82, 2.24) is 15.5 Å². The van der Waals surface area contributed by atoms with Gasteiger partial charge >= 0.3 is 0 Å². The minimum Gasteiger partial charge on any atom is -0.347 e. The predicted octanol–water partition coefficient (Wildman–Crippen LogP) is 2.50. The highest BCUT2D eigenvalue weighted by Crippen LogP contribution is 2.18. The van der Waals surface area contributed by atoms with Gasteiger partial charge in [-0.25, -0.2) is 0 Å². The number of amides is 1. The number of aromatic nitrogens is 2. The van der Waals surface area contributed by atoms with Gasteiger partial charge in [-0.05, 0) is 30.2 Å². The number of H-pyrrole nitrogens is 1. The Bertz CT molecular complexity index is 664. The highest BCUT2D eigenvalue weighted by atomic mass is 35.5. The Labute approximate surface area is 121 Å². The number of hydrogen-bond acceptors (Lipinski definition) is 3. The van der Waals surface area contributed by atoms with E-state index in [-0.39, 0.29) is 23.1 Å². The van der Waals surface area contributed by atoms with Crippen molar-refractivity contribution >= 4 is 23.3 Å². The fraction of sp³-hybridized carbons (Fsp3) is 0.214. The fourth-order valence-electron chi connectivity index (χ4n) is 1.73. The Morgan fingerprint density at radius 2 is 2.15 bits per heavy atom. The van der Waals surface area contributed by atoms with Gasteiger partial charge in [0.1, 0.15) is 11.4 Å². The standard InChI is InChI=1S/C14H14ClN3O2/c1-8-10(4-3-5-11(8)15)7-16-14(20)13-6-12(9(2)19)17-18-13/h3-6H,7H2,1-2H3,(H,16,20)(H,17,18). The molecule has 0 saturated heterocycles.